The van der Waals surface area contributed by atoms with Crippen LogP contribution in [0.15, 0.2) is 65.1 Å². The summed E-state index contributed by atoms with van der Waals surface area (Å²) in [5.41, 5.74) is 1.45. The highest BCUT2D eigenvalue weighted by Gasteiger charge is 2.14. The van der Waals surface area contributed by atoms with Crippen LogP contribution in [-0.2, 0) is 6.61 Å². The molecule has 0 aromatic heterocycles. The summed E-state index contributed by atoms with van der Waals surface area (Å²) in [7, 11) is 3.16. The van der Waals surface area contributed by atoms with Crippen LogP contribution in [0, 0.1) is 0 Å². The van der Waals surface area contributed by atoms with Gasteiger partial charge in [-0.25, -0.2) is 4.79 Å². The van der Waals surface area contributed by atoms with Crippen molar-refractivity contribution in [3.8, 4) is 17.2 Å². The quantitative estimate of drug-likeness (QED) is 0.466. The molecule has 0 atom stereocenters. The van der Waals surface area contributed by atoms with Gasteiger partial charge in [-0.05, 0) is 60.2 Å². The number of halogens is 1. The van der Waals surface area contributed by atoms with Crippen molar-refractivity contribution in [2.24, 2.45) is 0 Å². The maximum Gasteiger partial charge on any atom is 0.337 e. The molecule has 160 valence electrons. The van der Waals surface area contributed by atoms with Crippen LogP contribution in [0.4, 0.5) is 5.69 Å². The topological polar surface area (TPSA) is 94.1 Å². The third-order valence-electron chi connectivity index (χ3n) is 4.39. The van der Waals surface area contributed by atoms with Crippen molar-refractivity contribution in [2.45, 2.75) is 6.61 Å². The van der Waals surface area contributed by atoms with E-state index in [9.17, 15) is 14.7 Å². The highest BCUT2D eigenvalue weighted by molar-refractivity contribution is 9.10. The minimum absolute atomic E-state index is 0.00334. The van der Waals surface area contributed by atoms with Crippen LogP contribution in [0.1, 0.15) is 26.3 Å². The van der Waals surface area contributed by atoms with Crippen LogP contribution in [0.3, 0.4) is 0 Å². The van der Waals surface area contributed by atoms with Crippen LogP contribution in [0.2, 0.25) is 0 Å². The van der Waals surface area contributed by atoms with Gasteiger partial charge in [-0.3, -0.25) is 4.79 Å². The summed E-state index contributed by atoms with van der Waals surface area (Å²) >= 11 is 3.23. The Bertz CT molecular complexity index is 1080. The second-order valence-electron chi connectivity index (χ2n) is 6.48. The highest BCUT2D eigenvalue weighted by atomic mass is 79.9. The van der Waals surface area contributed by atoms with Gasteiger partial charge < -0.3 is 24.6 Å². The first-order valence-corrected chi connectivity index (χ1v) is 9.98. The fraction of sp³-hybridized carbons (Fsp3) is 0.130. The SMILES string of the molecule is COc1cc(COc2ccc(C(=O)Nc3ccc(Br)cc3C(=O)O)cc2)cc(OC)c1. The molecular formula is C23H20BrNO6. The first-order chi connectivity index (χ1) is 14.9. The number of carbonyl (C=O) groups excluding carboxylic acids is 1. The van der Waals surface area contributed by atoms with E-state index in [4.69, 9.17) is 14.2 Å². The first kappa shape index (κ1) is 22.2. The minimum atomic E-state index is -1.13. The maximum atomic E-state index is 12.5. The standard InChI is InChI=1S/C23H20BrNO6/c1-29-18-9-14(10-19(12-18)30-2)13-31-17-6-3-15(4-7-17)22(26)25-21-8-5-16(24)11-20(21)23(27)28/h3-12H,13H2,1-2H3,(H,25,26)(H,27,28). The molecule has 0 heterocycles. The number of ether oxygens (including phenoxy) is 3. The molecule has 0 unspecified atom stereocenters. The fourth-order valence-electron chi connectivity index (χ4n) is 2.82. The van der Waals surface area contributed by atoms with E-state index in [2.05, 4.69) is 21.2 Å². The number of carboxylic acids is 1. The van der Waals surface area contributed by atoms with Crippen molar-refractivity contribution in [2.75, 3.05) is 19.5 Å². The monoisotopic (exact) mass is 485 g/mol. The lowest BCUT2D eigenvalue weighted by Crippen LogP contribution is -2.14. The highest BCUT2D eigenvalue weighted by Crippen LogP contribution is 2.25. The second kappa shape index (κ2) is 9.99. The van der Waals surface area contributed by atoms with Gasteiger partial charge in [-0.2, -0.15) is 0 Å². The van der Waals surface area contributed by atoms with Gasteiger partial charge in [-0.1, -0.05) is 15.9 Å². The van der Waals surface area contributed by atoms with Crippen LogP contribution >= 0.6 is 15.9 Å². The second-order valence-corrected chi connectivity index (χ2v) is 7.40. The normalized spacial score (nSPS) is 10.3. The molecule has 0 spiro atoms. The molecule has 7 nitrogen and oxygen atoms in total. The molecule has 0 aliphatic carbocycles. The Balaban J connectivity index is 1.67. The van der Waals surface area contributed by atoms with Gasteiger partial charge in [0.2, 0.25) is 0 Å². The Hall–Kier alpha value is -3.52. The molecule has 3 aromatic rings. The largest absolute Gasteiger partial charge is 0.497 e. The van der Waals surface area contributed by atoms with Gasteiger partial charge in [0.15, 0.2) is 0 Å². The van der Waals surface area contributed by atoms with Crippen LogP contribution in [0.25, 0.3) is 0 Å². The number of aromatic carboxylic acids is 1. The average Bonchev–Trinajstić information content (AvgIpc) is 2.78. The molecule has 0 aliphatic rings. The maximum absolute atomic E-state index is 12.5. The van der Waals surface area contributed by atoms with Crippen molar-refractivity contribution < 1.29 is 28.9 Å². The Labute approximate surface area is 187 Å². The van der Waals surface area contributed by atoms with Gasteiger partial charge in [-0.15, -0.1) is 0 Å². The van der Waals surface area contributed by atoms with E-state index in [1.165, 1.54) is 12.1 Å². The van der Waals surface area contributed by atoms with E-state index in [-0.39, 0.29) is 11.3 Å². The predicted octanol–water partition coefficient (Wildman–Crippen LogP) is 5.00. The molecule has 0 fully saturated rings. The lowest BCUT2D eigenvalue weighted by molar-refractivity contribution is 0.0698. The molecule has 3 aromatic carbocycles. The van der Waals surface area contributed by atoms with Crippen molar-refractivity contribution in [1.82, 2.24) is 0 Å². The fourth-order valence-corrected chi connectivity index (χ4v) is 3.18. The molecule has 0 bridgehead atoms. The zero-order valence-corrected chi connectivity index (χ0v) is 18.4. The summed E-state index contributed by atoms with van der Waals surface area (Å²) in [6.45, 7) is 0.292. The number of hydrogen-bond donors (Lipinski definition) is 2. The number of hydrogen-bond acceptors (Lipinski definition) is 5. The van der Waals surface area contributed by atoms with E-state index in [1.807, 2.05) is 12.1 Å². The summed E-state index contributed by atoms with van der Waals surface area (Å²) in [6, 6.07) is 16.7. The third kappa shape index (κ3) is 5.76. The lowest BCUT2D eigenvalue weighted by atomic mass is 10.1. The number of nitrogens with one attached hydrogen (secondary N) is 1. The molecular weight excluding hydrogens is 466 g/mol. The van der Waals surface area contributed by atoms with Crippen molar-refractivity contribution in [1.29, 1.82) is 0 Å². The third-order valence-corrected chi connectivity index (χ3v) is 4.89. The summed E-state index contributed by atoms with van der Waals surface area (Å²) in [6.07, 6.45) is 0. The van der Waals surface area contributed by atoms with E-state index in [1.54, 1.807) is 50.6 Å². The number of methoxy groups -OCH3 is 2. The zero-order chi connectivity index (χ0) is 22.4. The van der Waals surface area contributed by atoms with Gasteiger partial charge in [0, 0.05) is 16.1 Å². The number of amides is 1. The Kier molecular flexibility index (Phi) is 7.15. The van der Waals surface area contributed by atoms with E-state index in [0.717, 1.165) is 5.56 Å². The molecule has 31 heavy (non-hydrogen) atoms. The summed E-state index contributed by atoms with van der Waals surface area (Å²) in [4.78, 5) is 23.9. The summed E-state index contributed by atoms with van der Waals surface area (Å²) in [5.74, 6) is 0.355. The van der Waals surface area contributed by atoms with Crippen LogP contribution in [0.5, 0.6) is 17.2 Å². The molecule has 2 N–H and O–H groups in total. The molecule has 0 radical (unpaired) electrons. The number of carbonyl (C=O) groups is 2. The molecule has 0 aliphatic heterocycles. The molecule has 1 amide bonds. The number of benzene rings is 3. The van der Waals surface area contributed by atoms with Gasteiger partial charge in [0.25, 0.3) is 5.91 Å². The lowest BCUT2D eigenvalue weighted by Gasteiger charge is -2.11. The van der Waals surface area contributed by atoms with E-state index in [0.29, 0.717) is 33.9 Å². The molecule has 3 rings (SSSR count). The molecule has 8 heteroatoms. The Morgan fingerprint density at radius 1 is 0.903 bits per heavy atom. The van der Waals surface area contributed by atoms with E-state index >= 15 is 0 Å². The smallest absolute Gasteiger partial charge is 0.337 e. The Morgan fingerprint density at radius 2 is 1.55 bits per heavy atom. The van der Waals surface area contributed by atoms with Crippen molar-refractivity contribution in [3.05, 3.63) is 81.8 Å². The van der Waals surface area contributed by atoms with Crippen molar-refractivity contribution in [3.63, 3.8) is 0 Å². The number of rotatable bonds is 8. The minimum Gasteiger partial charge on any atom is -0.497 e. The summed E-state index contributed by atoms with van der Waals surface area (Å²) in [5, 5.41) is 12.0. The zero-order valence-electron chi connectivity index (χ0n) is 16.8. The first-order valence-electron chi connectivity index (χ1n) is 9.18. The molecule has 0 saturated carbocycles. The van der Waals surface area contributed by atoms with E-state index < -0.39 is 11.9 Å². The Morgan fingerprint density at radius 3 is 2.13 bits per heavy atom. The van der Waals surface area contributed by atoms with Gasteiger partial charge in [0.05, 0.1) is 25.5 Å². The van der Waals surface area contributed by atoms with Gasteiger partial charge in [0.1, 0.15) is 23.9 Å². The van der Waals surface area contributed by atoms with Crippen molar-refractivity contribution >= 4 is 33.5 Å². The van der Waals surface area contributed by atoms with Crippen LogP contribution < -0.4 is 19.5 Å². The predicted molar refractivity (Wildman–Crippen MR) is 119 cm³/mol. The summed E-state index contributed by atoms with van der Waals surface area (Å²) < 4.78 is 16.9. The number of anilines is 1. The van der Waals surface area contributed by atoms with Gasteiger partial charge >= 0.3 is 5.97 Å². The number of carboxylic acid groups (broad SMARTS) is 1. The average molecular weight is 486 g/mol. The molecule has 0 saturated heterocycles. The van der Waals surface area contributed by atoms with Crippen LogP contribution in [-0.4, -0.2) is 31.2 Å².